The lowest BCUT2D eigenvalue weighted by molar-refractivity contribution is -0.147. The smallest absolute Gasteiger partial charge is 0.416 e. The van der Waals surface area contributed by atoms with Crippen LogP contribution in [0.1, 0.15) is 40.7 Å². The lowest BCUT2D eigenvalue weighted by atomic mass is 9.71. The molecule has 2 aromatic carbocycles. The maximum atomic E-state index is 14.4. The van der Waals surface area contributed by atoms with E-state index in [2.05, 4.69) is 5.32 Å². The number of carboxylic acid groups (broad SMARTS) is 1. The number of aromatic nitrogens is 1. The summed E-state index contributed by atoms with van der Waals surface area (Å²) in [6.07, 6.45) is -1.03. The van der Waals surface area contributed by atoms with Crippen molar-refractivity contribution in [1.82, 2.24) is 9.88 Å². The third kappa shape index (κ3) is 3.75. The number of carbonyl (C=O) groups is 2. The van der Waals surface area contributed by atoms with Gasteiger partial charge in [-0.2, -0.15) is 13.2 Å². The molecular formula is C24H20F4N2O3. The number of rotatable bonds is 5. The maximum Gasteiger partial charge on any atom is 0.416 e. The monoisotopic (exact) mass is 460 g/mol. The molecule has 9 heteroatoms. The Hall–Kier alpha value is -3.36. The Morgan fingerprint density at radius 3 is 2.39 bits per heavy atom. The molecule has 1 atom stereocenters. The summed E-state index contributed by atoms with van der Waals surface area (Å²) in [4.78, 5) is 24.1. The van der Waals surface area contributed by atoms with Crippen LogP contribution in [0.3, 0.4) is 0 Å². The highest BCUT2D eigenvalue weighted by atomic mass is 19.4. The zero-order valence-corrected chi connectivity index (χ0v) is 17.3. The molecule has 1 aromatic heterocycles. The van der Waals surface area contributed by atoms with E-state index in [1.54, 1.807) is 10.8 Å². The molecule has 0 saturated heterocycles. The zero-order valence-electron chi connectivity index (χ0n) is 17.3. The number of amides is 1. The molecule has 0 bridgehead atoms. The number of alkyl halides is 3. The van der Waals surface area contributed by atoms with Crippen molar-refractivity contribution in [3.63, 3.8) is 0 Å². The first-order valence-corrected chi connectivity index (χ1v) is 10.5. The second kappa shape index (κ2) is 7.33. The van der Waals surface area contributed by atoms with E-state index in [-0.39, 0.29) is 40.8 Å². The van der Waals surface area contributed by atoms with Gasteiger partial charge in [0.2, 0.25) is 0 Å². The third-order valence-corrected chi connectivity index (χ3v) is 6.90. The molecule has 1 amide bonds. The average Bonchev–Trinajstić information content (AvgIpc) is 3.29. The normalized spacial score (nSPS) is 24.0. The van der Waals surface area contributed by atoms with Gasteiger partial charge in [-0.1, -0.05) is 12.1 Å². The van der Waals surface area contributed by atoms with E-state index in [4.69, 9.17) is 5.11 Å². The van der Waals surface area contributed by atoms with Crippen molar-refractivity contribution >= 4 is 22.8 Å². The zero-order chi connectivity index (χ0) is 23.5. The number of aliphatic carboxylic acids is 1. The molecule has 2 aliphatic carbocycles. The van der Waals surface area contributed by atoms with Crippen LogP contribution in [0.25, 0.3) is 10.9 Å². The third-order valence-electron chi connectivity index (χ3n) is 6.90. The van der Waals surface area contributed by atoms with Crippen LogP contribution in [0.5, 0.6) is 0 Å². The minimum Gasteiger partial charge on any atom is -0.481 e. The van der Waals surface area contributed by atoms with E-state index in [0.717, 1.165) is 18.6 Å². The van der Waals surface area contributed by atoms with Gasteiger partial charge in [-0.25, -0.2) is 4.39 Å². The topological polar surface area (TPSA) is 71.3 Å². The highest BCUT2D eigenvalue weighted by Gasteiger charge is 2.63. The minimum absolute atomic E-state index is 0.112. The number of hydrogen-bond donors (Lipinski definition) is 2. The second-order valence-corrected chi connectivity index (χ2v) is 9.03. The quantitative estimate of drug-likeness (QED) is 0.536. The molecular weight excluding hydrogens is 440 g/mol. The van der Waals surface area contributed by atoms with Crippen LogP contribution in [0.15, 0.2) is 48.7 Å². The SMILES string of the molecule is O=C(NC1CC12CC(C(=O)O)C2)c1ccc(F)c2ccn(Cc3ccc(C(F)(F)F)cc3)c12. The fraction of sp³-hybridized carbons (Fsp3) is 0.333. The molecule has 5 rings (SSSR count). The molecule has 0 aliphatic heterocycles. The lowest BCUT2D eigenvalue weighted by Gasteiger charge is -2.33. The number of carbonyl (C=O) groups excluding carboxylic acids is 1. The van der Waals surface area contributed by atoms with Crippen LogP contribution in [-0.2, 0) is 17.5 Å². The Bertz CT molecular complexity index is 1260. The van der Waals surface area contributed by atoms with Gasteiger partial charge in [-0.05, 0) is 60.6 Å². The van der Waals surface area contributed by atoms with Crippen LogP contribution in [0.2, 0.25) is 0 Å². The Morgan fingerprint density at radius 2 is 1.76 bits per heavy atom. The van der Waals surface area contributed by atoms with Crippen molar-refractivity contribution in [1.29, 1.82) is 0 Å². The van der Waals surface area contributed by atoms with Crippen LogP contribution in [0.4, 0.5) is 17.6 Å². The Balaban J connectivity index is 1.38. The molecule has 1 spiro atoms. The first kappa shape index (κ1) is 21.5. The summed E-state index contributed by atoms with van der Waals surface area (Å²) in [5, 5.41) is 12.3. The van der Waals surface area contributed by atoms with E-state index in [1.165, 1.54) is 30.3 Å². The van der Waals surface area contributed by atoms with Crippen LogP contribution in [0, 0.1) is 17.2 Å². The molecule has 1 unspecified atom stereocenters. The largest absolute Gasteiger partial charge is 0.481 e. The predicted molar refractivity (Wildman–Crippen MR) is 111 cm³/mol. The van der Waals surface area contributed by atoms with Gasteiger partial charge >= 0.3 is 12.1 Å². The first-order chi connectivity index (χ1) is 15.6. The van der Waals surface area contributed by atoms with Crippen molar-refractivity contribution in [3.8, 4) is 0 Å². The molecule has 2 aliphatic rings. The number of nitrogens with zero attached hydrogens (tertiary/aromatic N) is 1. The van der Waals surface area contributed by atoms with E-state index in [9.17, 15) is 27.2 Å². The summed E-state index contributed by atoms with van der Waals surface area (Å²) in [6.45, 7) is 0.166. The first-order valence-electron chi connectivity index (χ1n) is 10.5. The predicted octanol–water partition coefficient (Wildman–Crippen LogP) is 4.83. The van der Waals surface area contributed by atoms with Crippen LogP contribution >= 0.6 is 0 Å². The van der Waals surface area contributed by atoms with E-state index < -0.39 is 23.5 Å². The van der Waals surface area contributed by atoms with Crippen molar-refractivity contribution in [2.24, 2.45) is 11.3 Å². The molecule has 172 valence electrons. The fourth-order valence-electron chi connectivity index (χ4n) is 4.94. The number of hydrogen-bond acceptors (Lipinski definition) is 2. The molecule has 2 saturated carbocycles. The van der Waals surface area contributed by atoms with Gasteiger partial charge in [0, 0.05) is 24.2 Å². The number of carboxylic acids is 1. The average molecular weight is 460 g/mol. The highest BCUT2D eigenvalue weighted by Crippen LogP contribution is 2.63. The van der Waals surface area contributed by atoms with Gasteiger partial charge in [0.1, 0.15) is 5.82 Å². The van der Waals surface area contributed by atoms with Gasteiger partial charge in [0.15, 0.2) is 0 Å². The molecule has 2 N–H and O–H groups in total. The van der Waals surface area contributed by atoms with Crippen molar-refractivity contribution in [3.05, 3.63) is 71.2 Å². The van der Waals surface area contributed by atoms with Crippen LogP contribution < -0.4 is 5.32 Å². The minimum atomic E-state index is -4.43. The van der Waals surface area contributed by atoms with Crippen molar-refractivity contribution in [2.75, 3.05) is 0 Å². The summed E-state index contributed by atoms with van der Waals surface area (Å²) in [5.41, 5.74) is 0.291. The fourth-order valence-corrected chi connectivity index (χ4v) is 4.94. The standard InChI is InChI=1S/C24H20F4N2O3/c25-18-6-5-17(21(31)29-19-11-23(19)9-14(10-23)22(32)33)20-16(18)7-8-30(20)12-13-1-3-15(4-2-13)24(26,27)28/h1-8,14,19H,9-12H2,(H,29,31)(H,32,33). The van der Waals surface area contributed by atoms with Crippen LogP contribution in [-0.4, -0.2) is 27.6 Å². The maximum absolute atomic E-state index is 14.4. The molecule has 1 heterocycles. The summed E-state index contributed by atoms with van der Waals surface area (Å²) >= 11 is 0. The second-order valence-electron chi connectivity index (χ2n) is 9.03. The molecule has 0 radical (unpaired) electrons. The van der Waals surface area contributed by atoms with E-state index in [0.29, 0.717) is 23.9 Å². The molecule has 33 heavy (non-hydrogen) atoms. The Morgan fingerprint density at radius 1 is 1.06 bits per heavy atom. The van der Waals surface area contributed by atoms with E-state index in [1.807, 2.05) is 0 Å². The van der Waals surface area contributed by atoms with Gasteiger partial charge < -0.3 is 15.0 Å². The lowest BCUT2D eigenvalue weighted by Crippen LogP contribution is -2.39. The van der Waals surface area contributed by atoms with Gasteiger partial charge in [-0.15, -0.1) is 0 Å². The number of nitrogens with one attached hydrogen (secondary N) is 1. The van der Waals surface area contributed by atoms with Crippen molar-refractivity contribution in [2.45, 2.75) is 38.0 Å². The molecule has 5 nitrogen and oxygen atoms in total. The summed E-state index contributed by atoms with van der Waals surface area (Å²) in [5.74, 6) is -2.07. The molecule has 2 fully saturated rings. The van der Waals surface area contributed by atoms with E-state index >= 15 is 0 Å². The summed E-state index contributed by atoms with van der Waals surface area (Å²) in [7, 11) is 0. The number of halogens is 4. The Labute approximate surface area is 186 Å². The Kier molecular flexibility index (Phi) is 4.77. The number of benzene rings is 2. The van der Waals surface area contributed by atoms with Gasteiger partial charge in [-0.3, -0.25) is 9.59 Å². The number of fused-ring (bicyclic) bond motifs is 1. The van der Waals surface area contributed by atoms with Gasteiger partial charge in [0.25, 0.3) is 5.91 Å². The summed E-state index contributed by atoms with van der Waals surface area (Å²) in [6, 6.07) is 8.73. The van der Waals surface area contributed by atoms with Crippen molar-refractivity contribution < 1.29 is 32.3 Å². The highest BCUT2D eigenvalue weighted by molar-refractivity contribution is 6.06. The molecule has 3 aromatic rings. The summed E-state index contributed by atoms with van der Waals surface area (Å²) < 4.78 is 54.5. The van der Waals surface area contributed by atoms with Gasteiger partial charge in [0.05, 0.1) is 22.6 Å².